The van der Waals surface area contributed by atoms with E-state index in [1.165, 1.54) is 69.8 Å². The highest BCUT2D eigenvalue weighted by atomic mass is 19.3. The smallest absolute Gasteiger partial charge is 0.388 e. The summed E-state index contributed by atoms with van der Waals surface area (Å²) in [5.41, 5.74) is 1.17. The molecule has 1 heterocycles. The van der Waals surface area contributed by atoms with Crippen molar-refractivity contribution in [3.63, 3.8) is 0 Å². The molecule has 0 unspecified atom stereocenters. The maximum atomic E-state index is 12.2. The molecule has 140 valence electrons. The number of halogens is 2. The van der Waals surface area contributed by atoms with Crippen LogP contribution in [0.5, 0.6) is 5.88 Å². The van der Waals surface area contributed by atoms with E-state index in [1.54, 1.807) is 12.3 Å². The second-order valence-electron chi connectivity index (χ2n) is 7.99. The van der Waals surface area contributed by atoms with Crippen LogP contribution in [0.2, 0.25) is 0 Å². The molecule has 0 saturated heterocycles. The summed E-state index contributed by atoms with van der Waals surface area (Å²) < 4.78 is 28.7. The number of ether oxygens (including phenoxy) is 1. The van der Waals surface area contributed by atoms with Gasteiger partial charge in [0.15, 0.2) is 0 Å². The van der Waals surface area contributed by atoms with Crippen LogP contribution in [0.3, 0.4) is 0 Å². The standard InChI is InChI=1S/C21H31F2NO/c1-2-3-15-4-6-16(7-5-15)17-8-10-18(11-9-17)19-12-13-20(24-14-19)25-21(22)23/h12-18,21H,2-11H2,1H3/t15-,16-,17-,18-. The molecule has 0 radical (unpaired) electrons. The van der Waals surface area contributed by atoms with Crippen LogP contribution in [-0.4, -0.2) is 11.6 Å². The SMILES string of the molecule is CCC[C@H]1CC[C@H]([C@H]2CC[C@H](c3ccc(OC(F)F)nc3)CC2)CC1. The van der Waals surface area contributed by atoms with Gasteiger partial charge >= 0.3 is 6.61 Å². The highest BCUT2D eigenvalue weighted by molar-refractivity contribution is 5.21. The summed E-state index contributed by atoms with van der Waals surface area (Å²) >= 11 is 0. The highest BCUT2D eigenvalue weighted by Gasteiger charge is 2.31. The average Bonchev–Trinajstić information content (AvgIpc) is 2.63. The Morgan fingerprint density at radius 1 is 1.00 bits per heavy atom. The van der Waals surface area contributed by atoms with E-state index in [0.717, 1.165) is 17.8 Å². The van der Waals surface area contributed by atoms with Gasteiger partial charge in [0.1, 0.15) is 0 Å². The molecule has 4 heteroatoms. The maximum Gasteiger partial charge on any atom is 0.388 e. The minimum Gasteiger partial charge on any atom is -0.417 e. The van der Waals surface area contributed by atoms with Crippen molar-refractivity contribution in [1.82, 2.24) is 4.98 Å². The first-order valence-electron chi connectivity index (χ1n) is 10.1. The maximum absolute atomic E-state index is 12.2. The van der Waals surface area contributed by atoms with Gasteiger partial charge in [0, 0.05) is 12.3 Å². The van der Waals surface area contributed by atoms with E-state index in [4.69, 9.17) is 0 Å². The van der Waals surface area contributed by atoms with Crippen LogP contribution in [-0.2, 0) is 0 Å². The van der Waals surface area contributed by atoms with Crippen molar-refractivity contribution in [3.8, 4) is 5.88 Å². The third-order valence-electron chi connectivity index (χ3n) is 6.47. The van der Waals surface area contributed by atoms with Crippen molar-refractivity contribution in [1.29, 1.82) is 0 Å². The van der Waals surface area contributed by atoms with Crippen LogP contribution in [0.15, 0.2) is 18.3 Å². The lowest BCUT2D eigenvalue weighted by molar-refractivity contribution is -0.0528. The minimum atomic E-state index is -2.80. The Hall–Kier alpha value is -1.19. The number of hydrogen-bond donors (Lipinski definition) is 0. The predicted molar refractivity (Wildman–Crippen MR) is 95.9 cm³/mol. The Kier molecular flexibility index (Phi) is 6.66. The zero-order chi connectivity index (χ0) is 17.6. The fourth-order valence-corrected chi connectivity index (χ4v) is 5.07. The van der Waals surface area contributed by atoms with Gasteiger partial charge < -0.3 is 4.74 Å². The van der Waals surface area contributed by atoms with Gasteiger partial charge in [-0.3, -0.25) is 0 Å². The third kappa shape index (κ3) is 5.15. The van der Waals surface area contributed by atoms with Crippen molar-refractivity contribution < 1.29 is 13.5 Å². The van der Waals surface area contributed by atoms with Gasteiger partial charge in [0.05, 0.1) is 0 Å². The van der Waals surface area contributed by atoms with E-state index in [0.29, 0.717) is 5.92 Å². The molecule has 2 aliphatic rings. The largest absolute Gasteiger partial charge is 0.417 e. The number of rotatable bonds is 6. The van der Waals surface area contributed by atoms with E-state index in [9.17, 15) is 8.78 Å². The molecular weight excluding hydrogens is 320 g/mol. The number of aromatic nitrogens is 1. The Morgan fingerprint density at radius 3 is 2.16 bits per heavy atom. The van der Waals surface area contributed by atoms with Gasteiger partial charge in [0.2, 0.25) is 5.88 Å². The Morgan fingerprint density at radius 2 is 1.64 bits per heavy atom. The number of alkyl halides is 2. The topological polar surface area (TPSA) is 22.1 Å². The van der Waals surface area contributed by atoms with E-state index in [2.05, 4.69) is 16.6 Å². The second-order valence-corrected chi connectivity index (χ2v) is 7.99. The molecule has 0 amide bonds. The number of pyridine rings is 1. The third-order valence-corrected chi connectivity index (χ3v) is 6.47. The lowest BCUT2D eigenvalue weighted by Gasteiger charge is -2.38. The van der Waals surface area contributed by atoms with E-state index in [1.807, 2.05) is 6.07 Å². The van der Waals surface area contributed by atoms with Gasteiger partial charge in [-0.25, -0.2) is 4.98 Å². The summed E-state index contributed by atoms with van der Waals surface area (Å²) in [6.07, 6.45) is 15.2. The molecule has 3 rings (SSSR count). The molecule has 2 fully saturated rings. The Bertz CT molecular complexity index is 503. The molecule has 1 aromatic rings. The first kappa shape index (κ1) is 18.6. The van der Waals surface area contributed by atoms with Crippen LogP contribution in [0.4, 0.5) is 8.78 Å². The van der Waals surface area contributed by atoms with Crippen LogP contribution in [0.1, 0.15) is 82.6 Å². The molecule has 0 aliphatic heterocycles. The average molecular weight is 351 g/mol. The van der Waals surface area contributed by atoms with Crippen molar-refractivity contribution in [2.45, 2.75) is 83.7 Å². The van der Waals surface area contributed by atoms with Crippen molar-refractivity contribution >= 4 is 0 Å². The second kappa shape index (κ2) is 8.95. The Labute approximate surface area is 150 Å². The summed E-state index contributed by atoms with van der Waals surface area (Å²) in [6.45, 7) is -0.504. The summed E-state index contributed by atoms with van der Waals surface area (Å²) in [5, 5.41) is 0. The minimum absolute atomic E-state index is 0.0104. The fraction of sp³-hybridized carbons (Fsp3) is 0.762. The van der Waals surface area contributed by atoms with Gasteiger partial charge in [-0.1, -0.05) is 38.7 Å². The number of nitrogens with zero attached hydrogens (tertiary/aromatic N) is 1. The summed E-state index contributed by atoms with van der Waals surface area (Å²) in [7, 11) is 0. The molecule has 2 nitrogen and oxygen atoms in total. The summed E-state index contributed by atoms with van der Waals surface area (Å²) in [6, 6.07) is 3.48. The monoisotopic (exact) mass is 351 g/mol. The van der Waals surface area contributed by atoms with Crippen molar-refractivity contribution in [3.05, 3.63) is 23.9 Å². The lowest BCUT2D eigenvalue weighted by Crippen LogP contribution is -2.25. The van der Waals surface area contributed by atoms with Gasteiger partial charge in [-0.15, -0.1) is 0 Å². The van der Waals surface area contributed by atoms with Crippen LogP contribution < -0.4 is 4.74 Å². The fourth-order valence-electron chi connectivity index (χ4n) is 5.07. The first-order valence-corrected chi connectivity index (χ1v) is 10.1. The van der Waals surface area contributed by atoms with Crippen LogP contribution in [0.25, 0.3) is 0 Å². The van der Waals surface area contributed by atoms with E-state index < -0.39 is 6.61 Å². The molecule has 0 atom stereocenters. The molecule has 1 aromatic heterocycles. The normalized spacial score (nSPS) is 30.4. The highest BCUT2D eigenvalue weighted by Crippen LogP contribution is 2.44. The van der Waals surface area contributed by atoms with Gasteiger partial charge in [-0.2, -0.15) is 8.78 Å². The quantitative estimate of drug-likeness (QED) is 0.579. The molecule has 25 heavy (non-hydrogen) atoms. The van der Waals surface area contributed by atoms with Crippen LogP contribution >= 0.6 is 0 Å². The van der Waals surface area contributed by atoms with Crippen molar-refractivity contribution in [2.75, 3.05) is 0 Å². The first-order chi connectivity index (χ1) is 12.2. The zero-order valence-electron chi connectivity index (χ0n) is 15.3. The molecule has 0 spiro atoms. The zero-order valence-corrected chi connectivity index (χ0v) is 15.3. The number of hydrogen-bond acceptors (Lipinski definition) is 2. The Balaban J connectivity index is 1.46. The molecule has 0 bridgehead atoms. The van der Waals surface area contributed by atoms with Gasteiger partial charge in [0.25, 0.3) is 0 Å². The van der Waals surface area contributed by atoms with E-state index in [-0.39, 0.29) is 5.88 Å². The van der Waals surface area contributed by atoms with E-state index >= 15 is 0 Å². The molecular formula is C21H31F2NO. The van der Waals surface area contributed by atoms with Gasteiger partial charge in [-0.05, 0) is 67.8 Å². The molecule has 0 N–H and O–H groups in total. The van der Waals surface area contributed by atoms with Crippen molar-refractivity contribution in [2.24, 2.45) is 17.8 Å². The van der Waals surface area contributed by atoms with Crippen LogP contribution in [0, 0.1) is 17.8 Å². The molecule has 0 aromatic carbocycles. The predicted octanol–water partition coefficient (Wildman–Crippen LogP) is 6.56. The molecule has 2 aliphatic carbocycles. The lowest BCUT2D eigenvalue weighted by atomic mass is 9.68. The molecule has 2 saturated carbocycles. The summed E-state index contributed by atoms with van der Waals surface area (Å²) in [5.74, 6) is 3.36. The summed E-state index contributed by atoms with van der Waals surface area (Å²) in [4.78, 5) is 4.03.